The van der Waals surface area contributed by atoms with Crippen LogP contribution in [0.25, 0.3) is 0 Å². The van der Waals surface area contributed by atoms with E-state index in [4.69, 9.17) is 16.7 Å². The summed E-state index contributed by atoms with van der Waals surface area (Å²) in [5.41, 5.74) is -3.53. The predicted octanol–water partition coefficient (Wildman–Crippen LogP) is 3.35. The van der Waals surface area contributed by atoms with E-state index in [1.807, 2.05) is 0 Å². The Kier molecular flexibility index (Phi) is 3.84. The molecule has 0 saturated heterocycles. The second-order valence-corrected chi connectivity index (χ2v) is 3.39. The molecular weight excluding hydrogens is 308 g/mol. The van der Waals surface area contributed by atoms with Crippen LogP contribution in [0.4, 0.5) is 26.3 Å². The van der Waals surface area contributed by atoms with Crippen LogP contribution < -0.4 is 4.74 Å². The maximum absolute atomic E-state index is 12.6. The molecule has 0 aliphatic heterocycles. The van der Waals surface area contributed by atoms with Gasteiger partial charge in [0.25, 0.3) is 0 Å². The highest BCUT2D eigenvalue weighted by molar-refractivity contribution is 6.33. The van der Waals surface area contributed by atoms with Gasteiger partial charge >= 0.3 is 18.5 Å². The number of ether oxygens (including phenoxy) is 1. The molecule has 106 valence electrons. The van der Waals surface area contributed by atoms with Gasteiger partial charge in [-0.25, -0.2) is 9.78 Å². The Bertz CT molecular complexity index is 512. The van der Waals surface area contributed by atoms with Gasteiger partial charge in [-0.2, -0.15) is 13.2 Å². The molecule has 0 amide bonds. The standard InChI is InChI=1S/C8H2ClF6NO3/c9-4-2(19-8(13,14)15)1-16-5(6(17)18)3(4)7(10,11)12/h1H,(H,17,18). The average Bonchev–Trinajstić information content (AvgIpc) is 2.16. The fourth-order valence-electron chi connectivity index (χ4n) is 1.09. The van der Waals surface area contributed by atoms with E-state index in [1.54, 1.807) is 0 Å². The third-order valence-corrected chi connectivity index (χ3v) is 2.07. The minimum Gasteiger partial charge on any atom is -0.476 e. The zero-order chi connectivity index (χ0) is 15.0. The highest BCUT2D eigenvalue weighted by atomic mass is 35.5. The molecule has 0 radical (unpaired) electrons. The van der Waals surface area contributed by atoms with Crippen molar-refractivity contribution in [1.82, 2.24) is 4.98 Å². The molecule has 0 atom stereocenters. The van der Waals surface area contributed by atoms with Gasteiger partial charge in [-0.05, 0) is 0 Å². The number of carbonyl (C=O) groups is 1. The van der Waals surface area contributed by atoms with E-state index in [1.165, 1.54) is 0 Å². The van der Waals surface area contributed by atoms with Crippen LogP contribution in [0, 0.1) is 0 Å². The monoisotopic (exact) mass is 309 g/mol. The molecule has 4 nitrogen and oxygen atoms in total. The maximum Gasteiger partial charge on any atom is 0.573 e. The van der Waals surface area contributed by atoms with E-state index in [9.17, 15) is 31.1 Å². The molecule has 0 spiro atoms. The average molecular weight is 310 g/mol. The summed E-state index contributed by atoms with van der Waals surface area (Å²) in [5, 5.41) is 6.96. The lowest BCUT2D eigenvalue weighted by Gasteiger charge is -2.15. The molecule has 1 aromatic heterocycles. The number of aromatic nitrogens is 1. The molecule has 1 aromatic rings. The first-order valence-electron chi connectivity index (χ1n) is 4.18. The Morgan fingerprint density at radius 1 is 1.26 bits per heavy atom. The number of halogens is 7. The van der Waals surface area contributed by atoms with Crippen molar-refractivity contribution in [3.05, 3.63) is 22.5 Å². The Morgan fingerprint density at radius 2 is 1.79 bits per heavy atom. The van der Waals surface area contributed by atoms with Gasteiger partial charge in [0.1, 0.15) is 5.56 Å². The summed E-state index contributed by atoms with van der Waals surface area (Å²) >= 11 is 5.10. The molecule has 0 aliphatic carbocycles. The summed E-state index contributed by atoms with van der Waals surface area (Å²) < 4.78 is 76.6. The molecule has 0 bridgehead atoms. The van der Waals surface area contributed by atoms with E-state index in [2.05, 4.69) is 9.72 Å². The molecule has 0 unspecified atom stereocenters. The molecule has 11 heteroatoms. The highest BCUT2D eigenvalue weighted by Crippen LogP contribution is 2.42. The van der Waals surface area contributed by atoms with E-state index in [0.29, 0.717) is 0 Å². The first-order valence-corrected chi connectivity index (χ1v) is 4.56. The molecule has 1 N–H and O–H groups in total. The Labute approximate surface area is 105 Å². The van der Waals surface area contributed by atoms with Crippen molar-refractivity contribution in [2.45, 2.75) is 12.5 Å². The zero-order valence-electron chi connectivity index (χ0n) is 8.43. The van der Waals surface area contributed by atoms with Crippen molar-refractivity contribution in [1.29, 1.82) is 0 Å². The van der Waals surface area contributed by atoms with Crippen molar-refractivity contribution in [2.24, 2.45) is 0 Å². The van der Waals surface area contributed by atoms with Crippen LogP contribution in [-0.4, -0.2) is 22.4 Å². The van der Waals surface area contributed by atoms with Crippen LogP contribution in [0.3, 0.4) is 0 Å². The van der Waals surface area contributed by atoms with Gasteiger partial charge in [-0.1, -0.05) is 11.6 Å². The first-order chi connectivity index (χ1) is 8.43. The zero-order valence-corrected chi connectivity index (χ0v) is 9.19. The summed E-state index contributed by atoms with van der Waals surface area (Å²) in [6.45, 7) is 0. The van der Waals surface area contributed by atoms with Crippen LogP contribution in [0.5, 0.6) is 5.75 Å². The number of aromatic carboxylic acids is 1. The Hall–Kier alpha value is -1.71. The highest BCUT2D eigenvalue weighted by Gasteiger charge is 2.42. The topological polar surface area (TPSA) is 59.4 Å². The van der Waals surface area contributed by atoms with Crippen LogP contribution in [-0.2, 0) is 6.18 Å². The van der Waals surface area contributed by atoms with Crippen LogP contribution >= 0.6 is 11.6 Å². The molecular formula is C8H2ClF6NO3. The third-order valence-electron chi connectivity index (χ3n) is 1.70. The van der Waals surface area contributed by atoms with Crippen molar-refractivity contribution >= 4 is 17.6 Å². The van der Waals surface area contributed by atoms with E-state index in [-0.39, 0.29) is 6.20 Å². The molecule has 19 heavy (non-hydrogen) atoms. The maximum atomic E-state index is 12.6. The van der Waals surface area contributed by atoms with Crippen molar-refractivity contribution in [3.8, 4) is 5.75 Å². The number of carboxylic acid groups (broad SMARTS) is 1. The molecule has 0 aromatic carbocycles. The lowest BCUT2D eigenvalue weighted by Crippen LogP contribution is -2.20. The molecule has 0 saturated carbocycles. The second-order valence-electron chi connectivity index (χ2n) is 3.01. The number of hydrogen-bond donors (Lipinski definition) is 1. The van der Waals surface area contributed by atoms with E-state index >= 15 is 0 Å². The summed E-state index contributed by atoms with van der Waals surface area (Å²) in [4.78, 5) is 13.3. The number of nitrogens with zero attached hydrogens (tertiary/aromatic N) is 1. The Morgan fingerprint density at radius 3 is 2.16 bits per heavy atom. The number of hydrogen-bond acceptors (Lipinski definition) is 3. The van der Waals surface area contributed by atoms with Gasteiger partial charge in [0.2, 0.25) is 0 Å². The first kappa shape index (κ1) is 15.3. The second kappa shape index (κ2) is 4.76. The van der Waals surface area contributed by atoms with Gasteiger partial charge in [-0.15, -0.1) is 13.2 Å². The van der Waals surface area contributed by atoms with Crippen LogP contribution in [0.15, 0.2) is 6.20 Å². The minimum absolute atomic E-state index is 0.147. The summed E-state index contributed by atoms with van der Waals surface area (Å²) in [6.07, 6.45) is -10.4. The number of carboxylic acids is 1. The lowest BCUT2D eigenvalue weighted by atomic mass is 10.1. The Balaban J connectivity index is 3.47. The summed E-state index contributed by atoms with van der Waals surface area (Å²) in [7, 11) is 0. The van der Waals surface area contributed by atoms with Gasteiger partial charge < -0.3 is 9.84 Å². The summed E-state index contributed by atoms with van der Waals surface area (Å²) in [6, 6.07) is 0. The third kappa shape index (κ3) is 3.63. The number of pyridine rings is 1. The smallest absolute Gasteiger partial charge is 0.476 e. The summed E-state index contributed by atoms with van der Waals surface area (Å²) in [5.74, 6) is -3.53. The fraction of sp³-hybridized carbons (Fsp3) is 0.250. The normalized spacial score (nSPS) is 12.4. The van der Waals surface area contributed by atoms with Crippen molar-refractivity contribution in [3.63, 3.8) is 0 Å². The van der Waals surface area contributed by atoms with Gasteiger partial charge in [0.05, 0.1) is 11.2 Å². The predicted molar refractivity (Wildman–Crippen MR) is 47.9 cm³/mol. The minimum atomic E-state index is -5.30. The quantitative estimate of drug-likeness (QED) is 0.851. The van der Waals surface area contributed by atoms with Crippen molar-refractivity contribution in [2.75, 3.05) is 0 Å². The van der Waals surface area contributed by atoms with Crippen LogP contribution in [0.1, 0.15) is 16.1 Å². The van der Waals surface area contributed by atoms with Crippen molar-refractivity contribution < 1.29 is 41.0 Å². The molecule has 1 rings (SSSR count). The lowest BCUT2D eigenvalue weighted by molar-refractivity contribution is -0.274. The van der Waals surface area contributed by atoms with Crippen LogP contribution in [0.2, 0.25) is 5.02 Å². The number of alkyl halides is 6. The fourth-order valence-corrected chi connectivity index (χ4v) is 1.37. The van der Waals surface area contributed by atoms with Gasteiger partial charge in [0, 0.05) is 0 Å². The van der Waals surface area contributed by atoms with Gasteiger partial charge in [0.15, 0.2) is 11.4 Å². The largest absolute Gasteiger partial charge is 0.573 e. The SMILES string of the molecule is O=C(O)c1ncc(OC(F)(F)F)c(Cl)c1C(F)(F)F. The van der Waals surface area contributed by atoms with E-state index < -0.39 is 40.5 Å². The van der Waals surface area contributed by atoms with Gasteiger partial charge in [-0.3, -0.25) is 0 Å². The number of rotatable bonds is 2. The molecule has 1 heterocycles. The van der Waals surface area contributed by atoms with E-state index in [0.717, 1.165) is 0 Å². The molecule has 0 fully saturated rings. The molecule has 0 aliphatic rings.